The van der Waals surface area contributed by atoms with Crippen LogP contribution in [0.2, 0.25) is 0 Å². The van der Waals surface area contributed by atoms with Crippen LogP contribution in [0.3, 0.4) is 0 Å². The monoisotopic (exact) mass is 388 g/mol. The van der Waals surface area contributed by atoms with Crippen LogP contribution in [0.15, 0.2) is 84.0 Å². The van der Waals surface area contributed by atoms with Gasteiger partial charge in [0.15, 0.2) is 0 Å². The third-order valence-corrected chi connectivity index (χ3v) is 3.91. The number of carbonyl (C=O) groups excluding carboxylic acids is 2. The lowest BCUT2D eigenvalue weighted by Crippen LogP contribution is -2.19. The summed E-state index contributed by atoms with van der Waals surface area (Å²) in [4.78, 5) is 29.0. The third-order valence-electron chi connectivity index (χ3n) is 3.91. The molecule has 3 N–H and O–H groups in total. The fraction of sp³-hybridized carbons (Fsp3) is 0.0455. The lowest BCUT2D eigenvalue weighted by molar-refractivity contribution is 0.102. The molecular weight excluding hydrogens is 368 g/mol. The highest BCUT2D eigenvalue weighted by Gasteiger charge is 2.07. The molecule has 0 atom stereocenters. The largest absolute Gasteiger partial charge is 0.399 e. The van der Waals surface area contributed by atoms with Crippen LogP contribution in [0.4, 0.5) is 21.9 Å². The fourth-order valence-corrected chi connectivity index (χ4v) is 2.49. The minimum atomic E-state index is -0.343. The van der Waals surface area contributed by atoms with Gasteiger partial charge in [0, 0.05) is 22.6 Å². The van der Waals surface area contributed by atoms with E-state index in [0.717, 1.165) is 5.56 Å². The van der Waals surface area contributed by atoms with E-state index >= 15 is 0 Å². The molecule has 0 fully saturated rings. The van der Waals surface area contributed by atoms with Gasteiger partial charge in [-0.1, -0.05) is 35.5 Å². The quantitative estimate of drug-likeness (QED) is 0.427. The number of urea groups is 1. The van der Waals surface area contributed by atoms with Crippen molar-refractivity contribution in [2.24, 2.45) is 5.16 Å². The minimum Gasteiger partial charge on any atom is -0.399 e. The molecular formula is C22H20N4O3. The molecule has 0 saturated heterocycles. The van der Waals surface area contributed by atoms with Crippen molar-refractivity contribution >= 4 is 35.2 Å². The summed E-state index contributed by atoms with van der Waals surface area (Å²) in [5.41, 5.74) is 3.28. The summed E-state index contributed by atoms with van der Waals surface area (Å²) in [6, 6.07) is 22.6. The Bertz CT molecular complexity index is 985. The Labute approximate surface area is 168 Å². The first-order chi connectivity index (χ1) is 14.1. The molecule has 0 radical (unpaired) electrons. The van der Waals surface area contributed by atoms with E-state index in [1.807, 2.05) is 18.2 Å². The molecule has 7 heteroatoms. The number of hydrogen-bond donors (Lipinski definition) is 3. The second-order valence-electron chi connectivity index (χ2n) is 6.02. The summed E-state index contributed by atoms with van der Waals surface area (Å²) < 4.78 is 0. The first-order valence-electron chi connectivity index (χ1n) is 8.85. The minimum absolute atomic E-state index is 0.234. The number of oxime groups is 1. The smallest absolute Gasteiger partial charge is 0.323 e. The lowest BCUT2D eigenvalue weighted by Gasteiger charge is -2.09. The van der Waals surface area contributed by atoms with E-state index in [1.54, 1.807) is 66.9 Å². The van der Waals surface area contributed by atoms with Crippen LogP contribution in [0, 0.1) is 0 Å². The van der Waals surface area contributed by atoms with Crippen LogP contribution >= 0.6 is 0 Å². The molecule has 0 aliphatic heterocycles. The van der Waals surface area contributed by atoms with Crippen LogP contribution < -0.4 is 16.0 Å². The molecule has 3 amide bonds. The molecule has 3 rings (SSSR count). The third kappa shape index (κ3) is 5.93. The predicted octanol–water partition coefficient (Wildman–Crippen LogP) is 4.56. The number of anilines is 3. The van der Waals surface area contributed by atoms with Gasteiger partial charge in [0.2, 0.25) is 0 Å². The molecule has 0 unspecified atom stereocenters. The summed E-state index contributed by atoms with van der Waals surface area (Å²) >= 11 is 0. The van der Waals surface area contributed by atoms with Gasteiger partial charge in [0.1, 0.15) is 7.11 Å². The predicted molar refractivity (Wildman–Crippen MR) is 115 cm³/mol. The molecule has 3 aromatic carbocycles. The lowest BCUT2D eigenvalue weighted by atomic mass is 10.1. The molecule has 146 valence electrons. The first-order valence-corrected chi connectivity index (χ1v) is 8.85. The zero-order valence-electron chi connectivity index (χ0n) is 15.8. The molecule has 0 aliphatic carbocycles. The molecule has 0 aliphatic rings. The molecule has 3 aromatic rings. The zero-order chi connectivity index (χ0) is 20.5. The molecule has 0 heterocycles. The topological polar surface area (TPSA) is 91.8 Å². The molecule has 7 nitrogen and oxygen atoms in total. The first kappa shape index (κ1) is 19.6. The van der Waals surface area contributed by atoms with Gasteiger partial charge in [-0.05, 0) is 54.1 Å². The Morgan fingerprint density at radius 1 is 0.759 bits per heavy atom. The number of amides is 3. The van der Waals surface area contributed by atoms with Gasteiger partial charge in [0.05, 0.1) is 6.21 Å². The van der Waals surface area contributed by atoms with Crippen molar-refractivity contribution < 1.29 is 14.4 Å². The second-order valence-corrected chi connectivity index (χ2v) is 6.02. The Balaban J connectivity index is 1.55. The molecule has 0 spiro atoms. The van der Waals surface area contributed by atoms with Gasteiger partial charge in [-0.25, -0.2) is 4.79 Å². The molecule has 0 saturated carbocycles. The zero-order valence-corrected chi connectivity index (χ0v) is 15.8. The summed E-state index contributed by atoms with van der Waals surface area (Å²) in [6.07, 6.45) is 1.56. The van der Waals surface area contributed by atoms with E-state index in [1.165, 1.54) is 7.11 Å². The van der Waals surface area contributed by atoms with E-state index in [-0.39, 0.29) is 11.9 Å². The van der Waals surface area contributed by atoms with Crippen molar-refractivity contribution in [2.45, 2.75) is 0 Å². The van der Waals surface area contributed by atoms with Gasteiger partial charge in [-0.2, -0.15) is 0 Å². The Morgan fingerprint density at radius 3 is 1.90 bits per heavy atom. The number of nitrogens with one attached hydrogen (secondary N) is 3. The van der Waals surface area contributed by atoms with Gasteiger partial charge in [0.25, 0.3) is 5.91 Å². The van der Waals surface area contributed by atoms with Crippen LogP contribution in [0.5, 0.6) is 0 Å². The van der Waals surface area contributed by atoms with Crippen LogP contribution in [0.25, 0.3) is 0 Å². The highest BCUT2D eigenvalue weighted by molar-refractivity contribution is 6.05. The van der Waals surface area contributed by atoms with Crippen LogP contribution in [-0.2, 0) is 4.84 Å². The summed E-state index contributed by atoms with van der Waals surface area (Å²) in [5, 5.41) is 12.0. The normalized spacial score (nSPS) is 10.4. The van der Waals surface area contributed by atoms with Gasteiger partial charge < -0.3 is 20.8 Å². The van der Waals surface area contributed by atoms with E-state index in [2.05, 4.69) is 25.9 Å². The maximum Gasteiger partial charge on any atom is 0.323 e. The van der Waals surface area contributed by atoms with E-state index < -0.39 is 0 Å². The maximum absolute atomic E-state index is 12.4. The number of carbonyl (C=O) groups is 2. The van der Waals surface area contributed by atoms with Crippen LogP contribution in [-0.4, -0.2) is 25.3 Å². The van der Waals surface area contributed by atoms with E-state index in [9.17, 15) is 9.59 Å². The number of nitrogens with zero attached hydrogens (tertiary/aromatic N) is 1. The van der Waals surface area contributed by atoms with Crippen LogP contribution in [0.1, 0.15) is 15.9 Å². The fourth-order valence-electron chi connectivity index (χ4n) is 2.49. The average Bonchev–Trinajstić information content (AvgIpc) is 2.74. The van der Waals surface area contributed by atoms with Crippen molar-refractivity contribution in [3.63, 3.8) is 0 Å². The van der Waals surface area contributed by atoms with Crippen molar-refractivity contribution in [1.29, 1.82) is 0 Å². The van der Waals surface area contributed by atoms with E-state index in [4.69, 9.17) is 0 Å². The van der Waals surface area contributed by atoms with Crippen molar-refractivity contribution in [3.8, 4) is 0 Å². The van der Waals surface area contributed by atoms with E-state index in [0.29, 0.717) is 22.6 Å². The Morgan fingerprint density at radius 2 is 1.31 bits per heavy atom. The number of benzene rings is 3. The summed E-state index contributed by atoms with van der Waals surface area (Å²) in [7, 11) is 1.47. The number of para-hydroxylation sites is 1. The molecule has 0 bridgehead atoms. The molecule has 0 aromatic heterocycles. The molecule has 29 heavy (non-hydrogen) atoms. The Hall–Kier alpha value is -4.13. The van der Waals surface area contributed by atoms with Gasteiger partial charge in [-0.3, -0.25) is 4.79 Å². The summed E-state index contributed by atoms with van der Waals surface area (Å²) in [5.74, 6) is -0.234. The number of hydrogen-bond acceptors (Lipinski definition) is 4. The Kier molecular flexibility index (Phi) is 6.57. The van der Waals surface area contributed by atoms with Gasteiger partial charge in [-0.15, -0.1) is 0 Å². The maximum atomic E-state index is 12.4. The summed E-state index contributed by atoms with van der Waals surface area (Å²) in [6.45, 7) is 0. The average molecular weight is 388 g/mol. The van der Waals surface area contributed by atoms with Crippen molar-refractivity contribution in [1.82, 2.24) is 0 Å². The standard InChI is InChI=1S/C22H20N4O3/c1-29-23-15-16-7-9-17(10-8-16)21(27)24-19-11-13-20(14-12-19)26-22(28)25-18-5-3-2-4-6-18/h2-15H,1H3,(H,24,27)(H2,25,26,28)/b23-15+. The number of rotatable bonds is 6. The SMILES string of the molecule is CO/N=C/c1ccc(C(=O)Nc2ccc(NC(=O)Nc3ccccc3)cc2)cc1. The highest BCUT2D eigenvalue weighted by atomic mass is 16.6. The highest BCUT2D eigenvalue weighted by Crippen LogP contribution is 2.15. The van der Waals surface area contributed by atoms with Crippen molar-refractivity contribution in [2.75, 3.05) is 23.1 Å². The van der Waals surface area contributed by atoms with Gasteiger partial charge >= 0.3 is 6.03 Å². The van der Waals surface area contributed by atoms with Crippen molar-refractivity contribution in [3.05, 3.63) is 90.0 Å². The second kappa shape index (κ2) is 9.70.